The van der Waals surface area contributed by atoms with E-state index in [-0.39, 0.29) is 17.3 Å². The van der Waals surface area contributed by atoms with Crippen molar-refractivity contribution < 1.29 is 13.2 Å². The first-order valence-electron chi connectivity index (χ1n) is 10.6. The van der Waals surface area contributed by atoms with Gasteiger partial charge in [-0.3, -0.25) is 14.4 Å². The standard InChI is InChI=1S/C23H26N4O5S/c1-14-7-5-8-15(2)20(14)24-21(28)18-9-6-12-27(18)33(31,32)16-10-11-17-19(13-16)26(4)23(30)22(29)25(17)3/h5,7-8,10-11,13,18H,6,9,12H2,1-4H3,(H,24,28). The summed E-state index contributed by atoms with van der Waals surface area (Å²) in [5, 5.41) is 2.91. The molecule has 1 fully saturated rings. The summed E-state index contributed by atoms with van der Waals surface area (Å²) >= 11 is 0. The van der Waals surface area contributed by atoms with E-state index in [1.807, 2.05) is 32.0 Å². The van der Waals surface area contributed by atoms with Crippen molar-refractivity contribution >= 4 is 32.7 Å². The number of benzene rings is 2. The van der Waals surface area contributed by atoms with Crippen LogP contribution in [0.25, 0.3) is 11.0 Å². The topological polar surface area (TPSA) is 110 Å². The molecule has 1 atom stereocenters. The summed E-state index contributed by atoms with van der Waals surface area (Å²) < 4.78 is 30.6. The van der Waals surface area contributed by atoms with E-state index in [0.717, 1.165) is 15.7 Å². The average molecular weight is 471 g/mol. The van der Waals surface area contributed by atoms with Crippen LogP contribution in [-0.4, -0.2) is 40.4 Å². The van der Waals surface area contributed by atoms with Crippen molar-refractivity contribution in [1.29, 1.82) is 0 Å². The molecule has 1 saturated heterocycles. The Hall–Kier alpha value is -3.24. The number of para-hydroxylation sites is 1. The second kappa shape index (κ2) is 8.27. The quantitative estimate of drug-likeness (QED) is 0.583. The van der Waals surface area contributed by atoms with Crippen molar-refractivity contribution in [1.82, 2.24) is 13.4 Å². The Labute approximate surface area is 191 Å². The number of fused-ring (bicyclic) bond motifs is 1. The van der Waals surface area contributed by atoms with Gasteiger partial charge < -0.3 is 14.5 Å². The Kier molecular flexibility index (Phi) is 5.75. The number of nitrogens with zero attached hydrogens (tertiary/aromatic N) is 3. The van der Waals surface area contributed by atoms with E-state index in [0.29, 0.717) is 29.6 Å². The second-order valence-corrected chi connectivity index (χ2v) is 10.3. The molecule has 9 nitrogen and oxygen atoms in total. The minimum absolute atomic E-state index is 0.0320. The van der Waals surface area contributed by atoms with Crippen LogP contribution in [0, 0.1) is 13.8 Å². The number of rotatable bonds is 4. The van der Waals surface area contributed by atoms with Gasteiger partial charge in [-0.1, -0.05) is 18.2 Å². The molecule has 2 aromatic carbocycles. The van der Waals surface area contributed by atoms with Crippen LogP contribution in [0.1, 0.15) is 24.0 Å². The lowest BCUT2D eigenvalue weighted by Gasteiger charge is -2.24. The molecular weight excluding hydrogens is 444 g/mol. The van der Waals surface area contributed by atoms with E-state index in [1.165, 1.54) is 41.2 Å². The molecule has 1 amide bonds. The zero-order valence-corrected chi connectivity index (χ0v) is 19.8. The largest absolute Gasteiger partial charge is 0.324 e. The number of carbonyl (C=O) groups excluding carboxylic acids is 1. The summed E-state index contributed by atoms with van der Waals surface area (Å²) in [6.45, 7) is 3.99. The highest BCUT2D eigenvalue weighted by atomic mass is 32.2. The summed E-state index contributed by atoms with van der Waals surface area (Å²) in [4.78, 5) is 37.3. The van der Waals surface area contributed by atoms with Crippen molar-refractivity contribution in [3.05, 3.63) is 68.2 Å². The molecule has 0 saturated carbocycles. The predicted octanol–water partition coefficient (Wildman–Crippen LogP) is 1.65. The average Bonchev–Trinajstić information content (AvgIpc) is 3.29. The van der Waals surface area contributed by atoms with Crippen molar-refractivity contribution in [2.45, 2.75) is 37.6 Å². The van der Waals surface area contributed by atoms with Gasteiger partial charge in [0, 0.05) is 26.3 Å². The van der Waals surface area contributed by atoms with Gasteiger partial charge in [-0.15, -0.1) is 0 Å². The normalized spacial score (nSPS) is 16.9. The number of anilines is 1. The van der Waals surface area contributed by atoms with Crippen LogP contribution in [0.15, 0.2) is 50.9 Å². The fourth-order valence-electron chi connectivity index (χ4n) is 4.37. The maximum absolute atomic E-state index is 13.5. The summed E-state index contributed by atoms with van der Waals surface area (Å²) in [5.41, 5.74) is 1.81. The molecule has 1 N–H and O–H groups in total. The Morgan fingerprint density at radius 1 is 0.970 bits per heavy atom. The molecule has 2 heterocycles. The Morgan fingerprint density at radius 2 is 1.58 bits per heavy atom. The fourth-order valence-corrected chi connectivity index (χ4v) is 6.04. The molecule has 4 rings (SSSR count). The van der Waals surface area contributed by atoms with E-state index in [2.05, 4.69) is 5.32 Å². The lowest BCUT2D eigenvalue weighted by Crippen LogP contribution is -2.43. The van der Waals surface area contributed by atoms with Gasteiger partial charge >= 0.3 is 11.1 Å². The number of sulfonamides is 1. The fraction of sp³-hybridized carbons (Fsp3) is 0.348. The van der Waals surface area contributed by atoms with Crippen molar-refractivity contribution in [2.75, 3.05) is 11.9 Å². The first-order valence-corrected chi connectivity index (χ1v) is 12.1. The van der Waals surface area contributed by atoms with Crippen molar-refractivity contribution in [3.63, 3.8) is 0 Å². The van der Waals surface area contributed by atoms with Gasteiger partial charge in [0.15, 0.2) is 0 Å². The number of carbonyl (C=O) groups is 1. The van der Waals surface area contributed by atoms with Crippen LogP contribution in [0.2, 0.25) is 0 Å². The van der Waals surface area contributed by atoms with E-state index in [4.69, 9.17) is 0 Å². The summed E-state index contributed by atoms with van der Waals surface area (Å²) in [6.07, 6.45) is 0.973. The van der Waals surface area contributed by atoms with Gasteiger partial charge in [0.25, 0.3) is 0 Å². The van der Waals surface area contributed by atoms with Gasteiger partial charge in [-0.25, -0.2) is 8.42 Å². The Morgan fingerprint density at radius 3 is 2.21 bits per heavy atom. The number of aryl methyl sites for hydroxylation is 4. The number of nitrogens with one attached hydrogen (secondary N) is 1. The first-order chi connectivity index (χ1) is 15.5. The molecule has 174 valence electrons. The van der Waals surface area contributed by atoms with Gasteiger partial charge in [0.2, 0.25) is 15.9 Å². The van der Waals surface area contributed by atoms with E-state index >= 15 is 0 Å². The van der Waals surface area contributed by atoms with Gasteiger partial charge in [0.1, 0.15) is 6.04 Å². The highest BCUT2D eigenvalue weighted by molar-refractivity contribution is 7.89. The molecule has 0 aliphatic carbocycles. The number of amides is 1. The maximum atomic E-state index is 13.5. The molecule has 10 heteroatoms. The number of hydrogen-bond donors (Lipinski definition) is 1. The summed E-state index contributed by atoms with van der Waals surface area (Å²) in [5.74, 6) is -0.371. The van der Waals surface area contributed by atoms with Crippen molar-refractivity contribution in [3.8, 4) is 0 Å². The maximum Gasteiger partial charge on any atom is 0.316 e. The molecule has 1 aliphatic rings. The monoisotopic (exact) mass is 470 g/mol. The smallest absolute Gasteiger partial charge is 0.316 e. The van der Waals surface area contributed by atoms with Gasteiger partial charge in [0.05, 0.1) is 15.9 Å². The molecule has 0 radical (unpaired) electrons. The lowest BCUT2D eigenvalue weighted by molar-refractivity contribution is -0.119. The zero-order valence-electron chi connectivity index (χ0n) is 19.0. The van der Waals surface area contributed by atoms with Crippen LogP contribution >= 0.6 is 0 Å². The molecule has 1 aliphatic heterocycles. The lowest BCUT2D eigenvalue weighted by atomic mass is 10.1. The van der Waals surface area contributed by atoms with Crippen molar-refractivity contribution in [2.24, 2.45) is 14.1 Å². The second-order valence-electron chi connectivity index (χ2n) is 8.41. The van der Waals surface area contributed by atoms with Crippen LogP contribution in [0.3, 0.4) is 0 Å². The van der Waals surface area contributed by atoms with E-state index < -0.39 is 27.2 Å². The minimum Gasteiger partial charge on any atom is -0.324 e. The van der Waals surface area contributed by atoms with Crippen LogP contribution in [-0.2, 0) is 28.9 Å². The molecule has 3 aromatic rings. The molecule has 33 heavy (non-hydrogen) atoms. The van der Waals surface area contributed by atoms with Gasteiger partial charge in [-0.2, -0.15) is 4.31 Å². The van der Waals surface area contributed by atoms with Crippen LogP contribution < -0.4 is 16.4 Å². The van der Waals surface area contributed by atoms with E-state index in [1.54, 1.807) is 0 Å². The zero-order chi connectivity index (χ0) is 24.1. The third kappa shape index (κ3) is 3.79. The third-order valence-electron chi connectivity index (χ3n) is 6.30. The highest BCUT2D eigenvalue weighted by Crippen LogP contribution is 2.29. The number of aromatic nitrogens is 2. The summed E-state index contributed by atoms with van der Waals surface area (Å²) in [7, 11) is -1.12. The predicted molar refractivity (Wildman–Crippen MR) is 126 cm³/mol. The molecule has 0 spiro atoms. The van der Waals surface area contributed by atoms with Crippen LogP contribution in [0.4, 0.5) is 5.69 Å². The SMILES string of the molecule is Cc1cccc(C)c1NC(=O)C1CCCN1S(=O)(=O)c1ccc2c(c1)n(C)c(=O)c(=O)n2C. The summed E-state index contributed by atoms with van der Waals surface area (Å²) in [6, 6.07) is 9.12. The Bertz CT molecular complexity index is 1480. The first kappa shape index (κ1) is 22.9. The minimum atomic E-state index is -4.02. The highest BCUT2D eigenvalue weighted by Gasteiger charge is 2.39. The van der Waals surface area contributed by atoms with Gasteiger partial charge in [-0.05, 0) is 56.0 Å². The van der Waals surface area contributed by atoms with E-state index in [9.17, 15) is 22.8 Å². The number of hydrogen-bond acceptors (Lipinski definition) is 5. The Balaban J connectivity index is 1.72. The van der Waals surface area contributed by atoms with Crippen LogP contribution in [0.5, 0.6) is 0 Å². The molecule has 1 aromatic heterocycles. The molecule has 0 bridgehead atoms. The third-order valence-corrected chi connectivity index (χ3v) is 8.21. The molecular formula is C23H26N4O5S. The molecule has 1 unspecified atom stereocenters.